The summed E-state index contributed by atoms with van der Waals surface area (Å²) in [6, 6.07) is 15.4. The van der Waals surface area contributed by atoms with Crippen molar-refractivity contribution in [3.63, 3.8) is 0 Å². The highest BCUT2D eigenvalue weighted by molar-refractivity contribution is 6.30. The van der Waals surface area contributed by atoms with E-state index < -0.39 is 0 Å². The molecular formula is C18H22ClN2O+. The van der Waals surface area contributed by atoms with Gasteiger partial charge in [-0.05, 0) is 38.1 Å². The number of carbonyl (C=O) groups is 1. The van der Waals surface area contributed by atoms with E-state index in [9.17, 15) is 4.79 Å². The molecule has 0 spiro atoms. The minimum atomic E-state index is -0.142. The molecule has 0 radical (unpaired) electrons. The number of likely N-dealkylation sites (N-methyl/N-ethyl adjacent to an activating group) is 1. The molecule has 0 aliphatic rings. The Hall–Kier alpha value is -1.84. The number of quaternary nitrogens is 1. The van der Waals surface area contributed by atoms with Crippen LogP contribution in [0.5, 0.6) is 0 Å². The van der Waals surface area contributed by atoms with Crippen molar-refractivity contribution in [1.29, 1.82) is 0 Å². The smallest absolute Gasteiger partial charge is 0.282 e. The van der Waals surface area contributed by atoms with E-state index in [2.05, 4.69) is 36.5 Å². The second-order valence-corrected chi connectivity index (χ2v) is 6.16. The Kier molecular flexibility index (Phi) is 5.58. The Morgan fingerprint density at radius 2 is 1.73 bits per heavy atom. The van der Waals surface area contributed by atoms with Gasteiger partial charge in [0.2, 0.25) is 0 Å². The fraction of sp³-hybridized carbons (Fsp3) is 0.278. The fourth-order valence-corrected chi connectivity index (χ4v) is 2.31. The lowest BCUT2D eigenvalue weighted by atomic mass is 10.1. The van der Waals surface area contributed by atoms with Crippen molar-refractivity contribution < 1.29 is 9.69 Å². The first-order chi connectivity index (χ1) is 10.5. The summed E-state index contributed by atoms with van der Waals surface area (Å²) >= 11 is 5.85. The molecule has 1 unspecified atom stereocenters. The van der Waals surface area contributed by atoms with Crippen molar-refractivity contribution in [3.8, 4) is 0 Å². The van der Waals surface area contributed by atoms with E-state index in [1.807, 2.05) is 26.1 Å². The molecule has 3 nitrogen and oxygen atoms in total. The number of carbonyl (C=O) groups excluding carboxylic acids is 1. The number of anilines is 1. The van der Waals surface area contributed by atoms with Gasteiger partial charge < -0.3 is 10.2 Å². The van der Waals surface area contributed by atoms with Crippen LogP contribution in [0.4, 0.5) is 5.69 Å². The van der Waals surface area contributed by atoms with Crippen LogP contribution < -0.4 is 10.2 Å². The Balaban J connectivity index is 1.94. The molecule has 0 saturated heterocycles. The summed E-state index contributed by atoms with van der Waals surface area (Å²) in [7, 11) is 2.03. The molecule has 2 aromatic carbocycles. The van der Waals surface area contributed by atoms with Crippen LogP contribution in [-0.4, -0.2) is 19.0 Å². The van der Waals surface area contributed by atoms with Gasteiger partial charge in [-0.15, -0.1) is 0 Å². The molecule has 2 N–H and O–H groups in total. The molecular weight excluding hydrogens is 296 g/mol. The van der Waals surface area contributed by atoms with Crippen molar-refractivity contribution in [2.45, 2.75) is 26.4 Å². The third kappa shape index (κ3) is 4.58. The molecule has 0 fully saturated rings. The largest absolute Gasteiger partial charge is 0.324 e. The monoisotopic (exact) mass is 317 g/mol. The average Bonchev–Trinajstić information content (AvgIpc) is 2.51. The van der Waals surface area contributed by atoms with Gasteiger partial charge in [0.1, 0.15) is 6.54 Å². The topological polar surface area (TPSA) is 33.5 Å². The van der Waals surface area contributed by atoms with Crippen molar-refractivity contribution >= 4 is 23.2 Å². The van der Waals surface area contributed by atoms with E-state index in [0.29, 0.717) is 5.02 Å². The maximum Gasteiger partial charge on any atom is 0.282 e. The van der Waals surface area contributed by atoms with Crippen molar-refractivity contribution in [2.75, 3.05) is 12.4 Å². The lowest BCUT2D eigenvalue weighted by molar-refractivity contribution is -0.907. The van der Waals surface area contributed by atoms with Gasteiger partial charge >= 0.3 is 0 Å². The summed E-state index contributed by atoms with van der Waals surface area (Å²) < 4.78 is 0. The number of halogens is 1. The van der Waals surface area contributed by atoms with Crippen molar-refractivity contribution in [2.24, 2.45) is 0 Å². The highest BCUT2D eigenvalue weighted by Crippen LogP contribution is 2.13. The van der Waals surface area contributed by atoms with E-state index in [1.165, 1.54) is 11.1 Å². The highest BCUT2D eigenvalue weighted by atomic mass is 35.5. The minimum Gasteiger partial charge on any atom is -0.324 e. The first-order valence-electron chi connectivity index (χ1n) is 7.40. The minimum absolute atomic E-state index is 0.00642. The van der Waals surface area contributed by atoms with Gasteiger partial charge in [-0.25, -0.2) is 0 Å². The molecule has 0 aliphatic heterocycles. The fourth-order valence-electron chi connectivity index (χ4n) is 2.19. The molecule has 2 atom stereocenters. The van der Waals surface area contributed by atoms with E-state index in [1.54, 1.807) is 12.1 Å². The van der Waals surface area contributed by atoms with Crippen LogP contribution in [0.2, 0.25) is 5.02 Å². The third-order valence-corrected chi connectivity index (χ3v) is 4.10. The summed E-state index contributed by atoms with van der Waals surface area (Å²) in [5.74, 6) is 0.00642. The molecule has 0 aromatic heterocycles. The van der Waals surface area contributed by atoms with E-state index in [0.717, 1.165) is 17.1 Å². The molecule has 2 rings (SSSR count). The second-order valence-electron chi connectivity index (χ2n) is 5.73. The number of benzene rings is 2. The Morgan fingerprint density at radius 1 is 1.14 bits per heavy atom. The van der Waals surface area contributed by atoms with E-state index in [-0.39, 0.29) is 11.9 Å². The number of amides is 1. The van der Waals surface area contributed by atoms with Gasteiger partial charge in [-0.1, -0.05) is 41.4 Å². The first kappa shape index (κ1) is 16.5. The molecule has 2 aromatic rings. The number of hydrogen-bond donors (Lipinski definition) is 2. The zero-order valence-corrected chi connectivity index (χ0v) is 13.9. The summed E-state index contributed by atoms with van der Waals surface area (Å²) in [6.07, 6.45) is 0. The van der Waals surface area contributed by atoms with Gasteiger partial charge in [-0.2, -0.15) is 0 Å². The average molecular weight is 318 g/mol. The maximum absolute atomic E-state index is 12.3. The Bertz CT molecular complexity index is 623. The van der Waals surface area contributed by atoms with E-state index in [4.69, 9.17) is 11.6 Å². The zero-order chi connectivity index (χ0) is 16.1. The Labute approximate surface area is 136 Å². The van der Waals surface area contributed by atoms with Crippen LogP contribution in [0.1, 0.15) is 18.1 Å². The van der Waals surface area contributed by atoms with Crippen LogP contribution in [0.3, 0.4) is 0 Å². The van der Waals surface area contributed by atoms with Crippen LogP contribution in [0.15, 0.2) is 48.5 Å². The molecule has 0 bridgehead atoms. The molecule has 0 aliphatic carbocycles. The van der Waals surface area contributed by atoms with Crippen LogP contribution in [0.25, 0.3) is 0 Å². The first-order valence-corrected chi connectivity index (χ1v) is 7.78. The van der Waals surface area contributed by atoms with Gasteiger partial charge in [0.05, 0.1) is 7.05 Å². The van der Waals surface area contributed by atoms with Gasteiger partial charge in [0, 0.05) is 16.3 Å². The third-order valence-electron chi connectivity index (χ3n) is 3.85. The molecule has 0 saturated carbocycles. The maximum atomic E-state index is 12.3. The second kappa shape index (κ2) is 7.43. The Morgan fingerprint density at radius 3 is 2.32 bits per heavy atom. The quantitative estimate of drug-likeness (QED) is 0.873. The van der Waals surface area contributed by atoms with Gasteiger partial charge in [0.15, 0.2) is 6.04 Å². The number of hydrogen-bond acceptors (Lipinski definition) is 1. The number of rotatable bonds is 5. The highest BCUT2D eigenvalue weighted by Gasteiger charge is 2.21. The predicted octanol–water partition coefficient (Wildman–Crippen LogP) is 2.69. The van der Waals surface area contributed by atoms with Crippen LogP contribution in [0, 0.1) is 6.92 Å². The molecule has 116 valence electrons. The molecule has 1 amide bonds. The lowest BCUT2D eigenvalue weighted by Gasteiger charge is -2.21. The molecule has 22 heavy (non-hydrogen) atoms. The van der Waals surface area contributed by atoms with Crippen LogP contribution >= 0.6 is 11.6 Å². The predicted molar refractivity (Wildman–Crippen MR) is 91.3 cm³/mol. The number of aryl methyl sites for hydroxylation is 1. The van der Waals surface area contributed by atoms with Crippen LogP contribution in [-0.2, 0) is 11.3 Å². The lowest BCUT2D eigenvalue weighted by Crippen LogP contribution is -3.12. The molecule has 0 heterocycles. The van der Waals surface area contributed by atoms with Crippen molar-refractivity contribution in [1.82, 2.24) is 0 Å². The van der Waals surface area contributed by atoms with E-state index >= 15 is 0 Å². The zero-order valence-electron chi connectivity index (χ0n) is 13.2. The molecule has 4 heteroatoms. The number of nitrogens with one attached hydrogen (secondary N) is 2. The standard InChI is InChI=1S/C18H21ClN2O/c1-13-4-6-15(7-5-13)12-21(3)14(2)18(22)20-17-10-8-16(19)9-11-17/h4-11,14H,12H2,1-3H3,(H,20,22)/p+1/t14-/m1/s1. The van der Waals surface area contributed by atoms with Gasteiger partial charge in [-0.3, -0.25) is 4.79 Å². The van der Waals surface area contributed by atoms with Crippen molar-refractivity contribution in [3.05, 3.63) is 64.7 Å². The normalized spacial score (nSPS) is 13.5. The summed E-state index contributed by atoms with van der Waals surface area (Å²) in [5.41, 5.74) is 3.24. The van der Waals surface area contributed by atoms with Gasteiger partial charge in [0.25, 0.3) is 5.91 Å². The SMILES string of the molecule is Cc1ccc(C[NH+](C)[C@H](C)C(=O)Nc2ccc(Cl)cc2)cc1. The summed E-state index contributed by atoms with van der Waals surface area (Å²) in [6.45, 7) is 4.83. The summed E-state index contributed by atoms with van der Waals surface area (Å²) in [5, 5.41) is 3.59. The summed E-state index contributed by atoms with van der Waals surface area (Å²) in [4.78, 5) is 13.5.